The summed E-state index contributed by atoms with van der Waals surface area (Å²) >= 11 is 5.43. The van der Waals surface area contributed by atoms with Crippen LogP contribution in [0.25, 0.3) is 0 Å². The molecular weight excluding hydrogens is 328 g/mol. The van der Waals surface area contributed by atoms with E-state index in [-0.39, 0.29) is 6.04 Å². The van der Waals surface area contributed by atoms with Crippen LogP contribution in [0.2, 0.25) is 0 Å². The molecule has 4 nitrogen and oxygen atoms in total. The van der Waals surface area contributed by atoms with Crippen LogP contribution >= 0.6 is 12.2 Å². The van der Waals surface area contributed by atoms with Crippen molar-refractivity contribution in [2.24, 2.45) is 5.92 Å². The number of nitrogens with one attached hydrogen (secondary N) is 2. The molecule has 2 atom stereocenters. The predicted molar refractivity (Wildman–Crippen MR) is 109 cm³/mol. The second-order valence-corrected chi connectivity index (χ2v) is 7.24. The monoisotopic (exact) mass is 354 g/mol. The normalized spacial score (nSPS) is 18.5. The van der Waals surface area contributed by atoms with Crippen LogP contribution < -0.4 is 15.5 Å². The van der Waals surface area contributed by atoms with Gasteiger partial charge in [0.05, 0.1) is 17.9 Å². The maximum absolute atomic E-state index is 5.43. The van der Waals surface area contributed by atoms with Crippen LogP contribution in [0.4, 0.5) is 11.5 Å². The van der Waals surface area contributed by atoms with E-state index in [0.29, 0.717) is 5.11 Å². The average molecular weight is 355 g/mol. The quantitative estimate of drug-likeness (QED) is 0.798. The Morgan fingerprint density at radius 2 is 2.04 bits per heavy atom. The van der Waals surface area contributed by atoms with Crippen LogP contribution in [0.1, 0.15) is 38.3 Å². The lowest BCUT2D eigenvalue weighted by atomic mass is 10.0. The van der Waals surface area contributed by atoms with Crippen molar-refractivity contribution in [1.82, 2.24) is 10.3 Å². The van der Waals surface area contributed by atoms with E-state index in [4.69, 9.17) is 12.2 Å². The minimum Gasteiger partial charge on any atom is -0.356 e. The zero-order valence-corrected chi connectivity index (χ0v) is 15.7. The first kappa shape index (κ1) is 17.7. The molecule has 0 unspecified atom stereocenters. The molecule has 0 amide bonds. The van der Waals surface area contributed by atoms with Crippen molar-refractivity contribution >= 4 is 28.8 Å². The number of hydrogen-bond acceptors (Lipinski definition) is 3. The van der Waals surface area contributed by atoms with E-state index in [1.165, 1.54) is 18.4 Å². The number of benzene rings is 1. The van der Waals surface area contributed by atoms with Gasteiger partial charge < -0.3 is 15.5 Å². The molecule has 5 heteroatoms. The number of anilines is 2. The van der Waals surface area contributed by atoms with Gasteiger partial charge >= 0.3 is 0 Å². The molecule has 1 aliphatic heterocycles. The molecule has 0 spiro atoms. The SMILES string of the molecule is C[C@@H]1CCCN(c2ccc(NC(=S)N[C@@H](C)c3ccccc3)cn2)C1. The van der Waals surface area contributed by atoms with E-state index in [9.17, 15) is 0 Å². The summed E-state index contributed by atoms with van der Waals surface area (Å²) in [7, 11) is 0. The fourth-order valence-corrected chi connectivity index (χ4v) is 3.53. The summed E-state index contributed by atoms with van der Waals surface area (Å²) in [6, 6.07) is 14.5. The van der Waals surface area contributed by atoms with E-state index in [1.54, 1.807) is 0 Å². The highest BCUT2D eigenvalue weighted by molar-refractivity contribution is 7.80. The molecule has 1 aromatic heterocycles. The van der Waals surface area contributed by atoms with Crippen LogP contribution in [0.3, 0.4) is 0 Å². The predicted octanol–water partition coefficient (Wildman–Crippen LogP) is 4.37. The number of thiocarbonyl (C=S) groups is 1. The average Bonchev–Trinajstić information content (AvgIpc) is 2.63. The summed E-state index contributed by atoms with van der Waals surface area (Å²) in [6.45, 7) is 6.59. The number of rotatable bonds is 4. The Bertz CT molecular complexity index is 687. The molecule has 1 saturated heterocycles. The number of nitrogens with zero attached hydrogens (tertiary/aromatic N) is 2. The lowest BCUT2D eigenvalue weighted by Crippen LogP contribution is -2.34. The standard InChI is InChI=1S/C20H26N4S/c1-15-7-6-12-24(14-15)19-11-10-18(13-21-19)23-20(25)22-16(2)17-8-4-3-5-9-17/h3-5,8-11,13,15-16H,6-7,12,14H2,1-2H3,(H2,22,23,25)/t15-,16+/m1/s1. The Balaban J connectivity index is 1.55. The number of aromatic nitrogens is 1. The van der Waals surface area contributed by atoms with Gasteiger partial charge in [0.2, 0.25) is 0 Å². The first-order valence-corrected chi connectivity index (χ1v) is 9.36. The van der Waals surface area contributed by atoms with Crippen molar-refractivity contribution in [1.29, 1.82) is 0 Å². The molecule has 3 rings (SSSR count). The highest BCUT2D eigenvalue weighted by Crippen LogP contribution is 2.22. The zero-order chi connectivity index (χ0) is 17.6. The summed E-state index contributed by atoms with van der Waals surface area (Å²) in [5.74, 6) is 1.79. The van der Waals surface area contributed by atoms with E-state index < -0.39 is 0 Å². The molecule has 1 fully saturated rings. The number of hydrogen-bond donors (Lipinski definition) is 2. The van der Waals surface area contributed by atoms with Gasteiger partial charge in [0.1, 0.15) is 5.82 Å². The molecule has 2 aromatic rings. The first-order valence-electron chi connectivity index (χ1n) is 8.95. The molecular formula is C20H26N4S. The summed E-state index contributed by atoms with van der Waals surface area (Å²) < 4.78 is 0. The van der Waals surface area contributed by atoms with Gasteiger partial charge in [-0.05, 0) is 55.6 Å². The molecule has 1 aromatic carbocycles. The zero-order valence-electron chi connectivity index (χ0n) is 14.9. The molecule has 0 saturated carbocycles. The Labute approximate surface area is 155 Å². The largest absolute Gasteiger partial charge is 0.356 e. The molecule has 1 aliphatic rings. The minimum atomic E-state index is 0.156. The van der Waals surface area contributed by atoms with Gasteiger partial charge in [-0.15, -0.1) is 0 Å². The van der Waals surface area contributed by atoms with Crippen molar-refractivity contribution < 1.29 is 0 Å². The van der Waals surface area contributed by atoms with Crippen LogP contribution in [0.15, 0.2) is 48.7 Å². The Kier molecular flexibility index (Phi) is 5.87. The highest BCUT2D eigenvalue weighted by Gasteiger charge is 2.17. The third kappa shape index (κ3) is 4.92. The van der Waals surface area contributed by atoms with Gasteiger partial charge in [-0.25, -0.2) is 4.98 Å². The third-order valence-electron chi connectivity index (χ3n) is 4.63. The van der Waals surface area contributed by atoms with Gasteiger partial charge in [0.25, 0.3) is 0 Å². The number of pyridine rings is 1. The van der Waals surface area contributed by atoms with Crippen molar-refractivity contribution in [2.45, 2.75) is 32.7 Å². The van der Waals surface area contributed by atoms with E-state index in [1.807, 2.05) is 30.5 Å². The first-order chi connectivity index (χ1) is 12.1. The topological polar surface area (TPSA) is 40.2 Å². The number of piperidine rings is 1. The van der Waals surface area contributed by atoms with Crippen LogP contribution in [0.5, 0.6) is 0 Å². The highest BCUT2D eigenvalue weighted by atomic mass is 32.1. The van der Waals surface area contributed by atoms with Gasteiger partial charge in [-0.1, -0.05) is 37.3 Å². The molecule has 0 bridgehead atoms. The van der Waals surface area contributed by atoms with Crippen molar-refractivity contribution in [3.63, 3.8) is 0 Å². The summed E-state index contributed by atoms with van der Waals surface area (Å²) in [4.78, 5) is 6.97. The fourth-order valence-electron chi connectivity index (χ4n) is 3.23. The second kappa shape index (κ2) is 8.30. The summed E-state index contributed by atoms with van der Waals surface area (Å²) in [5.41, 5.74) is 2.12. The molecule has 25 heavy (non-hydrogen) atoms. The van der Waals surface area contributed by atoms with Crippen molar-refractivity contribution in [3.8, 4) is 0 Å². The second-order valence-electron chi connectivity index (χ2n) is 6.83. The molecule has 2 N–H and O–H groups in total. The fraction of sp³-hybridized carbons (Fsp3) is 0.400. The van der Waals surface area contributed by atoms with E-state index >= 15 is 0 Å². The van der Waals surface area contributed by atoms with Gasteiger partial charge in [-0.2, -0.15) is 0 Å². The molecule has 132 valence electrons. The maximum atomic E-state index is 5.43. The van der Waals surface area contributed by atoms with Gasteiger partial charge in [0, 0.05) is 13.1 Å². The van der Waals surface area contributed by atoms with Crippen molar-refractivity contribution in [3.05, 3.63) is 54.2 Å². The van der Waals surface area contributed by atoms with E-state index in [0.717, 1.165) is 30.5 Å². The third-order valence-corrected chi connectivity index (χ3v) is 4.85. The maximum Gasteiger partial charge on any atom is 0.171 e. The Hall–Kier alpha value is -2.14. The van der Waals surface area contributed by atoms with Gasteiger partial charge in [-0.3, -0.25) is 0 Å². The lowest BCUT2D eigenvalue weighted by Gasteiger charge is -2.31. The Morgan fingerprint density at radius 3 is 2.72 bits per heavy atom. The van der Waals surface area contributed by atoms with Crippen LogP contribution in [-0.4, -0.2) is 23.2 Å². The summed E-state index contributed by atoms with van der Waals surface area (Å²) in [5, 5.41) is 7.14. The summed E-state index contributed by atoms with van der Waals surface area (Å²) in [6.07, 6.45) is 4.42. The molecule has 0 aliphatic carbocycles. The van der Waals surface area contributed by atoms with E-state index in [2.05, 4.69) is 52.6 Å². The smallest absolute Gasteiger partial charge is 0.171 e. The van der Waals surface area contributed by atoms with Gasteiger partial charge in [0.15, 0.2) is 5.11 Å². The van der Waals surface area contributed by atoms with Crippen LogP contribution in [-0.2, 0) is 0 Å². The van der Waals surface area contributed by atoms with Crippen LogP contribution in [0, 0.1) is 5.92 Å². The molecule has 0 radical (unpaired) electrons. The Morgan fingerprint density at radius 1 is 1.24 bits per heavy atom. The van der Waals surface area contributed by atoms with Crippen molar-refractivity contribution in [2.75, 3.05) is 23.3 Å². The molecule has 2 heterocycles. The lowest BCUT2D eigenvalue weighted by molar-refractivity contribution is 0.444. The minimum absolute atomic E-state index is 0.156.